The molecule has 4 nitrogen and oxygen atoms in total. The Labute approximate surface area is 122 Å². The van der Waals surface area contributed by atoms with Gasteiger partial charge in [0.05, 0.1) is 17.1 Å². The maximum atomic E-state index is 4.62. The van der Waals surface area contributed by atoms with Gasteiger partial charge in [-0.15, -0.1) is 0 Å². The minimum atomic E-state index is 0.941. The lowest BCUT2D eigenvalue weighted by atomic mass is 10.1. The van der Waals surface area contributed by atoms with E-state index in [-0.39, 0.29) is 0 Å². The molecule has 0 saturated carbocycles. The maximum Gasteiger partial charge on any atom is 0.137 e. The molecule has 1 N–H and O–H groups in total. The molecule has 0 aliphatic rings. The van der Waals surface area contributed by atoms with Crippen molar-refractivity contribution < 1.29 is 0 Å². The van der Waals surface area contributed by atoms with E-state index in [9.17, 15) is 0 Å². The molecule has 1 aromatic carbocycles. The number of hydrogen-bond acceptors (Lipinski definition) is 2. The number of aromatic amines is 1. The maximum absolute atomic E-state index is 4.62. The number of nitrogens with zero attached hydrogens (tertiary/aromatic N) is 3. The molecule has 4 aromatic rings. The molecule has 0 aliphatic carbocycles. The quantitative estimate of drug-likeness (QED) is 0.606. The third-order valence-electron chi connectivity index (χ3n) is 3.66. The lowest BCUT2D eigenvalue weighted by Gasteiger charge is -2.05. The third-order valence-corrected chi connectivity index (χ3v) is 3.66. The Hall–Kier alpha value is -2.88. The minimum Gasteiger partial charge on any atom is -0.297 e. The number of H-pyrrole nitrogens is 1. The molecule has 0 amide bonds. The molecule has 102 valence electrons. The standard InChI is InChI=1S/C17H14N4/c1-12-17(15-9-10-18-20-15)21-11-14(7-8-16(21)19-12)13-5-3-2-4-6-13/h2-11H,1H3,(H,18,20). The Morgan fingerprint density at radius 2 is 1.81 bits per heavy atom. The van der Waals surface area contributed by atoms with Crippen molar-refractivity contribution in [2.75, 3.05) is 0 Å². The van der Waals surface area contributed by atoms with E-state index in [4.69, 9.17) is 0 Å². The van der Waals surface area contributed by atoms with Crippen LogP contribution >= 0.6 is 0 Å². The summed E-state index contributed by atoms with van der Waals surface area (Å²) in [4.78, 5) is 4.62. The molecule has 0 spiro atoms. The number of fused-ring (bicyclic) bond motifs is 1. The van der Waals surface area contributed by atoms with Crippen LogP contribution in [0.4, 0.5) is 0 Å². The smallest absolute Gasteiger partial charge is 0.137 e. The van der Waals surface area contributed by atoms with Crippen LogP contribution in [-0.2, 0) is 0 Å². The van der Waals surface area contributed by atoms with E-state index in [1.54, 1.807) is 6.20 Å². The fourth-order valence-corrected chi connectivity index (χ4v) is 2.68. The van der Waals surface area contributed by atoms with Gasteiger partial charge in [-0.2, -0.15) is 5.10 Å². The molecule has 0 unspecified atom stereocenters. The second-order valence-corrected chi connectivity index (χ2v) is 5.03. The molecule has 21 heavy (non-hydrogen) atoms. The molecule has 0 aliphatic heterocycles. The van der Waals surface area contributed by atoms with E-state index in [1.165, 1.54) is 11.1 Å². The van der Waals surface area contributed by atoms with Crippen LogP contribution in [0, 0.1) is 6.92 Å². The number of nitrogens with one attached hydrogen (secondary N) is 1. The summed E-state index contributed by atoms with van der Waals surface area (Å²) in [6, 6.07) is 16.5. The number of rotatable bonds is 2. The summed E-state index contributed by atoms with van der Waals surface area (Å²) in [5.41, 5.74) is 6.33. The monoisotopic (exact) mass is 274 g/mol. The average Bonchev–Trinajstić information content (AvgIpc) is 3.13. The van der Waals surface area contributed by atoms with E-state index < -0.39 is 0 Å². The van der Waals surface area contributed by atoms with E-state index in [0.29, 0.717) is 0 Å². The third kappa shape index (κ3) is 1.92. The topological polar surface area (TPSA) is 46.0 Å². The van der Waals surface area contributed by atoms with Crippen LogP contribution < -0.4 is 0 Å². The highest BCUT2D eigenvalue weighted by atomic mass is 15.1. The summed E-state index contributed by atoms with van der Waals surface area (Å²) in [6.45, 7) is 2.02. The van der Waals surface area contributed by atoms with Gasteiger partial charge in [-0.05, 0) is 36.2 Å². The fraction of sp³-hybridized carbons (Fsp3) is 0.0588. The molecule has 0 saturated heterocycles. The molecule has 0 bridgehead atoms. The van der Waals surface area contributed by atoms with Crippen LogP contribution in [0.25, 0.3) is 28.2 Å². The second-order valence-electron chi connectivity index (χ2n) is 5.03. The van der Waals surface area contributed by atoms with Crippen molar-refractivity contribution in [2.24, 2.45) is 0 Å². The SMILES string of the molecule is Cc1nc2ccc(-c3ccccc3)cn2c1-c1ccn[nH]1. The van der Waals surface area contributed by atoms with Crippen LogP contribution in [0.5, 0.6) is 0 Å². The predicted molar refractivity (Wildman–Crippen MR) is 82.9 cm³/mol. The van der Waals surface area contributed by atoms with Gasteiger partial charge in [0.1, 0.15) is 5.65 Å². The summed E-state index contributed by atoms with van der Waals surface area (Å²) in [5.74, 6) is 0. The zero-order valence-electron chi connectivity index (χ0n) is 11.6. The van der Waals surface area contributed by atoms with Crippen molar-refractivity contribution in [1.82, 2.24) is 19.6 Å². The normalized spacial score (nSPS) is 11.1. The van der Waals surface area contributed by atoms with Gasteiger partial charge in [-0.3, -0.25) is 9.50 Å². The summed E-state index contributed by atoms with van der Waals surface area (Å²) in [7, 11) is 0. The number of aryl methyl sites for hydroxylation is 1. The first-order valence-corrected chi connectivity index (χ1v) is 6.87. The van der Waals surface area contributed by atoms with Gasteiger partial charge in [0.25, 0.3) is 0 Å². The first-order valence-electron chi connectivity index (χ1n) is 6.87. The van der Waals surface area contributed by atoms with Crippen LogP contribution in [-0.4, -0.2) is 19.6 Å². The lowest BCUT2D eigenvalue weighted by molar-refractivity contribution is 1.07. The minimum absolute atomic E-state index is 0.941. The van der Waals surface area contributed by atoms with Gasteiger partial charge in [0.2, 0.25) is 0 Å². The molecule has 3 aromatic heterocycles. The lowest BCUT2D eigenvalue weighted by Crippen LogP contribution is -1.91. The Balaban J connectivity index is 1.97. The second kappa shape index (κ2) is 4.59. The van der Waals surface area contributed by atoms with Gasteiger partial charge in [0.15, 0.2) is 0 Å². The molecule has 4 heteroatoms. The summed E-state index contributed by atoms with van der Waals surface area (Å²) in [5, 5.41) is 7.06. The fourth-order valence-electron chi connectivity index (χ4n) is 2.68. The molecular formula is C17H14N4. The van der Waals surface area contributed by atoms with E-state index in [2.05, 4.69) is 62.2 Å². The van der Waals surface area contributed by atoms with Gasteiger partial charge in [0, 0.05) is 12.4 Å². The zero-order valence-corrected chi connectivity index (χ0v) is 11.6. The van der Waals surface area contributed by atoms with Crippen LogP contribution in [0.15, 0.2) is 60.9 Å². The first-order chi connectivity index (χ1) is 10.3. The Morgan fingerprint density at radius 3 is 2.57 bits per heavy atom. The molecular weight excluding hydrogens is 260 g/mol. The summed E-state index contributed by atoms with van der Waals surface area (Å²) < 4.78 is 2.12. The van der Waals surface area contributed by atoms with Gasteiger partial charge in [-0.1, -0.05) is 30.3 Å². The summed E-state index contributed by atoms with van der Waals surface area (Å²) in [6.07, 6.45) is 3.88. The van der Waals surface area contributed by atoms with E-state index >= 15 is 0 Å². The van der Waals surface area contributed by atoms with Crippen molar-refractivity contribution in [1.29, 1.82) is 0 Å². The number of hydrogen-bond donors (Lipinski definition) is 1. The van der Waals surface area contributed by atoms with Crippen molar-refractivity contribution in [2.45, 2.75) is 6.92 Å². The summed E-state index contributed by atoms with van der Waals surface area (Å²) >= 11 is 0. The van der Waals surface area contributed by atoms with Gasteiger partial charge >= 0.3 is 0 Å². The Morgan fingerprint density at radius 1 is 0.952 bits per heavy atom. The van der Waals surface area contributed by atoms with Crippen molar-refractivity contribution >= 4 is 5.65 Å². The highest BCUT2D eigenvalue weighted by molar-refractivity contribution is 5.69. The molecule has 4 rings (SSSR count). The van der Waals surface area contributed by atoms with Crippen molar-refractivity contribution in [3.8, 4) is 22.5 Å². The van der Waals surface area contributed by atoms with Crippen LogP contribution in [0.1, 0.15) is 5.69 Å². The number of pyridine rings is 1. The van der Waals surface area contributed by atoms with Crippen LogP contribution in [0.3, 0.4) is 0 Å². The average molecular weight is 274 g/mol. The number of aromatic nitrogens is 4. The van der Waals surface area contributed by atoms with Gasteiger partial charge < -0.3 is 0 Å². The van der Waals surface area contributed by atoms with E-state index in [0.717, 1.165) is 22.7 Å². The number of imidazole rings is 1. The van der Waals surface area contributed by atoms with E-state index in [1.807, 2.05) is 19.1 Å². The van der Waals surface area contributed by atoms with Crippen LogP contribution in [0.2, 0.25) is 0 Å². The number of benzene rings is 1. The molecule has 0 atom stereocenters. The van der Waals surface area contributed by atoms with Crippen molar-refractivity contribution in [3.05, 3.63) is 66.6 Å². The molecule has 0 radical (unpaired) electrons. The molecule has 3 heterocycles. The first kappa shape index (κ1) is 11.9. The van der Waals surface area contributed by atoms with Crippen molar-refractivity contribution in [3.63, 3.8) is 0 Å². The molecule has 0 fully saturated rings. The zero-order chi connectivity index (χ0) is 14.2. The van der Waals surface area contributed by atoms with Gasteiger partial charge in [-0.25, -0.2) is 4.98 Å². The Kier molecular flexibility index (Phi) is 2.60. The highest BCUT2D eigenvalue weighted by Crippen LogP contribution is 2.26. The Bertz CT molecular complexity index is 889. The highest BCUT2D eigenvalue weighted by Gasteiger charge is 2.12. The predicted octanol–water partition coefficient (Wildman–Crippen LogP) is 3.70. The largest absolute Gasteiger partial charge is 0.297 e.